The number of aliphatic hydroxyl groups excluding tert-OH is 3. The fourth-order valence-corrected chi connectivity index (χ4v) is 22.0. The van der Waals surface area contributed by atoms with Gasteiger partial charge in [-0.05, 0) is 109 Å². The van der Waals surface area contributed by atoms with Gasteiger partial charge in [-0.15, -0.1) is 0 Å². The molecule has 1 aromatic carbocycles. The van der Waals surface area contributed by atoms with Crippen molar-refractivity contribution >= 4 is 120 Å². The number of imide groups is 2. The lowest BCUT2D eigenvalue weighted by atomic mass is 9.98. The second-order valence-electron chi connectivity index (χ2n) is 29.7. The molecule has 0 bridgehead atoms. The average Bonchev–Trinajstić information content (AvgIpc) is 1.60. The molecule has 0 aliphatic carbocycles. The monoisotopic (exact) mass is 1820 g/mol. The van der Waals surface area contributed by atoms with Gasteiger partial charge in [0.05, 0.1) is 75.8 Å². The van der Waals surface area contributed by atoms with Crippen molar-refractivity contribution in [3.8, 4) is 17.5 Å². The van der Waals surface area contributed by atoms with Gasteiger partial charge < -0.3 is 78.3 Å². The minimum atomic E-state index is -4.30. The number of carbonyl (C=O) groups is 7. The number of nitrogen functional groups attached to an aromatic ring is 2. The summed E-state index contributed by atoms with van der Waals surface area (Å²) in [5, 5.41) is 44.4. The van der Waals surface area contributed by atoms with Crippen molar-refractivity contribution < 1.29 is 132 Å². The molecule has 13 N–H and O–H groups in total. The molecule has 5 aliphatic heterocycles. The molecule has 5 aliphatic rings. The lowest BCUT2D eigenvalue weighted by molar-refractivity contribution is -0.150. The average molecular weight is 1820 g/mol. The van der Waals surface area contributed by atoms with Crippen LogP contribution < -0.4 is 62.6 Å². The maximum Gasteiger partial charge on any atom is 0.459 e. The van der Waals surface area contributed by atoms with E-state index in [9.17, 15) is 72.2 Å². The number of H-pyrrole nitrogens is 1. The number of halogens is 3. The van der Waals surface area contributed by atoms with E-state index in [2.05, 4.69) is 55.8 Å². The Morgan fingerprint density at radius 1 is 0.566 bits per heavy atom. The smallest absolute Gasteiger partial charge is 0.459 e. The first kappa shape index (κ1) is 97.2. The Bertz CT molecular complexity index is 4830. The number of esters is 3. The van der Waals surface area contributed by atoms with Gasteiger partial charge in [0.2, 0.25) is 47.3 Å². The first-order valence-electron chi connectivity index (χ1n) is 38.2. The summed E-state index contributed by atoms with van der Waals surface area (Å²) in [6.45, 7) is 11.5. The number of carbonyl (C=O) groups excluding carboxylic acids is 7. The molecule has 0 spiro atoms. The first-order valence-corrected chi connectivity index (χ1v) is 46.1. The van der Waals surface area contributed by atoms with Crippen LogP contribution in [0.2, 0.25) is 0 Å². The summed E-state index contributed by atoms with van der Waals surface area (Å²) in [6, 6.07) is 5.65. The summed E-state index contributed by atoms with van der Waals surface area (Å²) < 4.78 is 158. The number of nitrogens with zero attached hydrogens (tertiary/aromatic N) is 9. The fourth-order valence-electron chi connectivity index (χ4n) is 12.5. The van der Waals surface area contributed by atoms with Gasteiger partial charge in [0.15, 0.2) is 58.0 Å². The lowest BCUT2D eigenvalue weighted by Crippen LogP contribution is -2.43. The molecule has 11 rings (SSSR count). The van der Waals surface area contributed by atoms with E-state index in [-0.39, 0.29) is 89.3 Å². The highest BCUT2D eigenvalue weighted by Gasteiger charge is 2.59. The number of hydrogen-bond acceptors (Lipinski definition) is 37. The number of amides is 4. The fraction of sp³-hybridized carbons (Fsp3) is 0.614. The summed E-state index contributed by atoms with van der Waals surface area (Å²) >= 11 is 1.39. The van der Waals surface area contributed by atoms with Gasteiger partial charge in [0, 0.05) is 36.6 Å². The van der Waals surface area contributed by atoms with Gasteiger partial charge in [0.1, 0.15) is 60.5 Å². The molecule has 0 radical (unpaired) electrons. The number of ether oxygens (including phenoxy) is 8. The topological polar surface area (TPSA) is 596 Å². The van der Waals surface area contributed by atoms with E-state index >= 15 is 13.2 Å². The highest BCUT2D eigenvalue weighted by atomic mass is 32.7. The SMILES string of the molecule is CC(C)OC(=O)[C@@H](C)N[P@@](=O)(OCC1O[C@@H](n2ccc(=O)[nH]c2=O)[C@](C)(F)[C@@H]1O)Oc1ccccc1.CCOc1nc(N)nc2c1ncn2[C@@H]1O[C@H](CO[P@@](=O)(N[C@H](C)C(=O)OC(C)C)SCC2CC(=O)NC2=O)[C@@H](O)[C@@]1(C)F.CCOc1nc(N)nc2c1ncn2[C@@H]1O[C@H](CO[P@](=O)(N[C@H](C)C(=O)OC(C)C)SCC2CC(=O)NC2=O)[C@@H](O)[C@@]1(C)F. The van der Waals surface area contributed by atoms with Gasteiger partial charge in [-0.3, -0.25) is 81.3 Å². The van der Waals surface area contributed by atoms with Crippen molar-refractivity contribution in [2.75, 3.05) is 56.0 Å². The van der Waals surface area contributed by atoms with Crippen LogP contribution in [0.15, 0.2) is 64.8 Å². The molecule has 122 heavy (non-hydrogen) atoms. The Balaban J connectivity index is 0.000000209. The van der Waals surface area contributed by atoms with Crippen LogP contribution in [-0.4, -0.2) is 240 Å². The molecule has 52 heteroatoms. The number of aliphatic hydroxyl groups is 3. The summed E-state index contributed by atoms with van der Waals surface area (Å²) in [5.74, 6) is -5.77. The second kappa shape index (κ2) is 40.6. The minimum absolute atomic E-state index is 0.0877. The van der Waals surface area contributed by atoms with E-state index in [0.717, 1.165) is 37.6 Å². The van der Waals surface area contributed by atoms with Crippen LogP contribution in [0.3, 0.4) is 0 Å². The maximum atomic E-state index is 16.0. The second-order valence-corrected chi connectivity index (χ2v) is 40.0. The first-order chi connectivity index (χ1) is 57.1. The molecule has 5 saturated heterocycles. The Kier molecular flexibility index (Phi) is 32.3. The number of nitrogens with one attached hydrogen (secondary N) is 6. The zero-order valence-corrected chi connectivity index (χ0v) is 72.8. The van der Waals surface area contributed by atoms with E-state index in [1.165, 1.54) is 54.7 Å². The number of anilines is 2. The van der Waals surface area contributed by atoms with E-state index in [4.69, 9.17) is 67.5 Å². The zero-order valence-electron chi connectivity index (χ0n) is 68.5. The van der Waals surface area contributed by atoms with Crippen LogP contribution in [0.1, 0.15) is 128 Å². The number of alkyl halides is 3. The largest absolute Gasteiger partial charge is 0.476 e. The number of aromatic amines is 1. The number of imidazole rings is 2. The standard InChI is InChI=1S/2C24H35FN7O9PS.C22H29FN3O9P/c2*1-6-38-20-16-18(29-23(26)30-20)32(10-27-16)22-24(5,25)17(34)14(41-22)8-39-42(37,31-12(4)21(36)40-11(2)3)43-9-13-7-15(33)28-19(13)35;1-13(2)33-19(29)14(3)25-36(31,35-15-8-6-5-7-9-15)32-12-16-18(28)22(4,23)20(34-16)26-11-10-17(27)24-21(26)30/h2*10-14,17,22,34H,6-9H2,1-5H3,(H,31,37)(H2,26,29,30)(H,28,33,35);5-11,13-14,16,18,20,28H,12H2,1-4H3,(H,25,31)(H,24,27,30)/t12-,13?,14-,17-,22-,24-,42+;12-,13?,14-,17-,22-,24-,42-;14-,16?,18-,20-,22-,36-/m111/s1. The number of hydrogen-bond donors (Lipinski definition) is 11. The third-order valence-corrected chi connectivity index (χ3v) is 28.5. The molecule has 5 aromatic heterocycles. The van der Waals surface area contributed by atoms with Crippen LogP contribution in [-0.2, 0) is 89.2 Å². The number of rotatable bonds is 36. The Morgan fingerprint density at radius 3 is 1.29 bits per heavy atom. The van der Waals surface area contributed by atoms with Crippen molar-refractivity contribution in [1.29, 1.82) is 0 Å². The van der Waals surface area contributed by atoms with Crippen molar-refractivity contribution in [3.05, 3.63) is 76.1 Å². The molecular formula is C70H99F3N17O27P3S2. The van der Waals surface area contributed by atoms with Gasteiger partial charge >= 0.3 is 44.8 Å². The summed E-state index contributed by atoms with van der Waals surface area (Å²) in [7, 11) is -4.30. The van der Waals surface area contributed by atoms with Crippen LogP contribution >= 0.6 is 44.0 Å². The number of nitrogens with two attached hydrogens (primary N) is 2. The molecule has 20 atom stereocenters. The van der Waals surface area contributed by atoms with E-state index in [1.807, 2.05) is 4.98 Å². The molecule has 10 heterocycles. The van der Waals surface area contributed by atoms with Gasteiger partial charge in [-0.1, -0.05) is 41.0 Å². The van der Waals surface area contributed by atoms with Gasteiger partial charge in [-0.25, -0.2) is 42.7 Å². The molecule has 6 aromatic rings. The molecule has 5 fully saturated rings. The van der Waals surface area contributed by atoms with Crippen LogP contribution in [0.5, 0.6) is 17.5 Å². The zero-order chi connectivity index (χ0) is 90.1. The van der Waals surface area contributed by atoms with Crippen molar-refractivity contribution in [1.82, 2.24) is 74.5 Å². The lowest BCUT2D eigenvalue weighted by Gasteiger charge is -2.25. The summed E-state index contributed by atoms with van der Waals surface area (Å²) in [5.41, 5.74) is 3.29. The minimum Gasteiger partial charge on any atom is -0.476 e. The maximum absolute atomic E-state index is 16.0. The highest BCUT2D eigenvalue weighted by molar-refractivity contribution is 8.56. The Hall–Kier alpha value is -8.61. The highest BCUT2D eigenvalue weighted by Crippen LogP contribution is 2.60. The number of para-hydroxylation sites is 1. The van der Waals surface area contributed by atoms with E-state index in [0.29, 0.717) is 22.8 Å². The van der Waals surface area contributed by atoms with Crippen molar-refractivity contribution in [2.24, 2.45) is 11.8 Å². The van der Waals surface area contributed by atoms with Gasteiger partial charge in [-0.2, -0.15) is 25.0 Å². The normalized spacial score (nSPS) is 27.4. The molecule has 44 nitrogen and oxygen atoms in total. The third kappa shape index (κ3) is 23.9. The van der Waals surface area contributed by atoms with Crippen LogP contribution in [0.4, 0.5) is 25.1 Å². The summed E-state index contributed by atoms with van der Waals surface area (Å²) in [6.07, 6.45) is -11.9. The molecule has 4 amide bonds. The van der Waals surface area contributed by atoms with Crippen molar-refractivity contribution in [3.63, 3.8) is 0 Å². The number of benzene rings is 1. The predicted octanol–water partition coefficient (Wildman–Crippen LogP) is 4.14. The quantitative estimate of drug-likeness (QED) is 0.0114. The Morgan fingerprint density at radius 2 is 0.934 bits per heavy atom. The summed E-state index contributed by atoms with van der Waals surface area (Å²) in [4.78, 5) is 135. The third-order valence-electron chi connectivity index (χ3n) is 18.5. The van der Waals surface area contributed by atoms with Gasteiger partial charge in [0.25, 0.3) is 5.56 Å². The molecule has 674 valence electrons. The molecule has 0 saturated carbocycles. The number of fused-ring (bicyclic) bond motifs is 2. The van der Waals surface area contributed by atoms with Crippen LogP contribution in [0, 0.1) is 11.8 Å². The number of aromatic nitrogens is 10. The molecule has 3 unspecified atom stereocenters. The van der Waals surface area contributed by atoms with Crippen molar-refractivity contribution in [2.45, 2.75) is 219 Å². The molecular weight excluding hydrogens is 1720 g/mol. The Labute approximate surface area is 702 Å². The predicted molar refractivity (Wildman–Crippen MR) is 428 cm³/mol. The van der Waals surface area contributed by atoms with E-state index < -0.39 is 214 Å². The van der Waals surface area contributed by atoms with E-state index in [1.54, 1.807) is 73.6 Å². The van der Waals surface area contributed by atoms with Crippen LogP contribution in [0.25, 0.3) is 22.3 Å².